The minimum absolute atomic E-state index is 0. The third kappa shape index (κ3) is 5.30. The summed E-state index contributed by atoms with van der Waals surface area (Å²) in [5.41, 5.74) is 0.339. The average molecular weight is 368 g/mol. The molecule has 116 valence electrons. The number of halogens is 2. The van der Waals surface area contributed by atoms with Crippen LogP contribution in [0.5, 0.6) is 0 Å². The normalized spacial score (nSPS) is 27.6. The minimum atomic E-state index is -0.735. The fourth-order valence-electron chi connectivity index (χ4n) is 3.90. The molecule has 2 atom stereocenters. The fourth-order valence-corrected chi connectivity index (χ4v) is 6.54. The number of rotatable bonds is 2. The van der Waals surface area contributed by atoms with Crippen LogP contribution >= 0.6 is 0 Å². The zero-order chi connectivity index (χ0) is 12.6. The van der Waals surface area contributed by atoms with Gasteiger partial charge in [-0.2, -0.15) is 0 Å². The zero-order valence-corrected chi connectivity index (χ0v) is 17.5. The Labute approximate surface area is 154 Å². The van der Waals surface area contributed by atoms with E-state index in [0.717, 1.165) is 17.9 Å². The van der Waals surface area contributed by atoms with Gasteiger partial charge in [-0.15, -0.1) is 0 Å². The van der Waals surface area contributed by atoms with Crippen LogP contribution < -0.4 is 24.8 Å². The molecule has 0 aromatic rings. The van der Waals surface area contributed by atoms with E-state index in [2.05, 4.69) is 62.7 Å². The molecule has 0 N–H and O–H groups in total. The van der Waals surface area contributed by atoms with Gasteiger partial charge in [-0.1, -0.05) is 37.4 Å². The first-order chi connectivity index (χ1) is 7.89. The van der Waals surface area contributed by atoms with Crippen LogP contribution in [0.2, 0.25) is 13.1 Å². The van der Waals surface area contributed by atoms with Gasteiger partial charge in [0.1, 0.15) is 8.96 Å². The molecule has 1 nitrogen and oxygen atoms in total. The number of hydrogen-bond acceptors (Lipinski definition) is 1. The number of allylic oxidation sites excluding steroid dienone is 4. The van der Waals surface area contributed by atoms with Gasteiger partial charge in [0.2, 0.25) is 0 Å². The minimum Gasteiger partial charge on any atom is -1.00 e. The predicted octanol–water partition coefficient (Wildman–Crippen LogP) is -2.40. The molecule has 0 radical (unpaired) electrons. The Bertz CT molecular complexity index is 319. The van der Waals surface area contributed by atoms with Gasteiger partial charge in [-0.3, -0.25) is 0 Å². The molecule has 2 rings (SSSR count). The first-order valence-electron chi connectivity index (χ1n) is 7.03. The second kappa shape index (κ2) is 9.17. The topological polar surface area (TPSA) is 3.24 Å². The summed E-state index contributed by atoms with van der Waals surface area (Å²) in [6.45, 7) is 12.1. The van der Waals surface area contributed by atoms with Gasteiger partial charge >= 0.3 is 0 Å². The number of hydrogen-bond donors (Lipinski definition) is 0. The molecule has 0 saturated heterocycles. The van der Waals surface area contributed by atoms with E-state index in [4.69, 9.17) is 0 Å². The van der Waals surface area contributed by atoms with E-state index in [-0.39, 0.29) is 46.5 Å². The van der Waals surface area contributed by atoms with Crippen LogP contribution in [-0.2, 0) is 21.7 Å². The van der Waals surface area contributed by atoms with Crippen LogP contribution in [0.25, 0.3) is 0 Å². The van der Waals surface area contributed by atoms with Gasteiger partial charge in [0.05, 0.1) is 0 Å². The van der Waals surface area contributed by atoms with Gasteiger partial charge in [0.15, 0.2) is 0 Å². The predicted molar refractivity (Wildman–Crippen MR) is 78.8 cm³/mol. The summed E-state index contributed by atoms with van der Waals surface area (Å²) in [5, 5.41) is 0. The molecule has 0 amide bonds. The first-order valence-corrected chi connectivity index (χ1v) is 9.85. The molecule has 0 aliphatic heterocycles. The maximum atomic E-state index is 2.85. The van der Waals surface area contributed by atoms with Crippen molar-refractivity contribution in [1.82, 2.24) is 4.57 Å². The monoisotopic (exact) mass is 367 g/mol. The molecule has 2 aliphatic rings. The van der Waals surface area contributed by atoms with Crippen molar-refractivity contribution < 1.29 is 46.5 Å². The molecule has 2 unspecified atom stereocenters. The maximum absolute atomic E-state index is 2.85. The largest absolute Gasteiger partial charge is 1.00 e. The van der Waals surface area contributed by atoms with Crippen LogP contribution in [0.4, 0.5) is 0 Å². The molecule has 0 aromatic heterocycles. The van der Waals surface area contributed by atoms with E-state index in [1.165, 1.54) is 12.8 Å². The van der Waals surface area contributed by atoms with Crippen molar-refractivity contribution in [1.29, 1.82) is 0 Å². The molecule has 0 aromatic carbocycles. The van der Waals surface area contributed by atoms with Gasteiger partial charge < -0.3 is 29.4 Å². The van der Waals surface area contributed by atoms with Crippen molar-refractivity contribution in [3.8, 4) is 0 Å². The van der Waals surface area contributed by atoms with E-state index < -0.39 is 8.96 Å². The van der Waals surface area contributed by atoms with Crippen LogP contribution in [0, 0.1) is 11.8 Å². The molecule has 5 heteroatoms. The Balaban J connectivity index is 0. The van der Waals surface area contributed by atoms with E-state index in [0.29, 0.717) is 5.54 Å². The van der Waals surface area contributed by atoms with Gasteiger partial charge in [0.25, 0.3) is 0 Å². The Hall–Kier alpha value is 0.951. The Morgan fingerprint density at radius 1 is 0.950 bits per heavy atom. The van der Waals surface area contributed by atoms with Crippen LogP contribution in [0.3, 0.4) is 0 Å². The molecule has 0 bridgehead atoms. The average Bonchev–Trinajstić information content (AvgIpc) is 2.56. The molecule has 0 spiro atoms. The molecule has 1 fully saturated rings. The van der Waals surface area contributed by atoms with Gasteiger partial charge in [-0.05, 0) is 45.4 Å². The molecular weight excluding hydrogens is 341 g/mol. The van der Waals surface area contributed by atoms with E-state index in [9.17, 15) is 0 Å². The third-order valence-electron chi connectivity index (χ3n) is 4.19. The van der Waals surface area contributed by atoms with E-state index >= 15 is 0 Å². The summed E-state index contributed by atoms with van der Waals surface area (Å²) in [5.74, 6) is 1.62. The Morgan fingerprint density at radius 3 is 1.65 bits per heavy atom. The van der Waals surface area contributed by atoms with E-state index in [1.807, 2.05) is 0 Å². The van der Waals surface area contributed by atoms with Crippen molar-refractivity contribution in [2.24, 2.45) is 11.8 Å². The maximum Gasteiger partial charge on any atom is 0.106 e. The SMILES string of the molecule is C[SiH](C)N(C1CC2C=CC=CC2C1)C(C)(C)C.[Cl-].[Cl-].[Ti]. The van der Waals surface area contributed by atoms with Gasteiger partial charge in [-0.25, -0.2) is 0 Å². The van der Waals surface area contributed by atoms with Crippen LogP contribution in [-0.4, -0.2) is 25.1 Å². The summed E-state index contributed by atoms with van der Waals surface area (Å²) >= 11 is 0. The summed E-state index contributed by atoms with van der Waals surface area (Å²) in [6, 6.07) is 0.809. The molecule has 1 saturated carbocycles. The van der Waals surface area contributed by atoms with Crippen molar-refractivity contribution in [2.75, 3.05) is 0 Å². The van der Waals surface area contributed by atoms with Crippen LogP contribution in [0.1, 0.15) is 33.6 Å². The van der Waals surface area contributed by atoms with Crippen molar-refractivity contribution >= 4 is 8.96 Å². The van der Waals surface area contributed by atoms with Gasteiger partial charge in [0, 0.05) is 33.3 Å². The summed E-state index contributed by atoms with van der Waals surface area (Å²) in [7, 11) is -0.735. The summed E-state index contributed by atoms with van der Waals surface area (Å²) in [4.78, 5) is 0. The fraction of sp³-hybridized carbons (Fsp3) is 0.733. The second-order valence-electron chi connectivity index (χ2n) is 6.89. The molecule has 20 heavy (non-hydrogen) atoms. The first kappa shape index (κ1) is 23.2. The zero-order valence-electron chi connectivity index (χ0n) is 13.2. The second-order valence-corrected chi connectivity index (χ2v) is 9.64. The Morgan fingerprint density at radius 2 is 1.35 bits per heavy atom. The van der Waals surface area contributed by atoms with E-state index in [1.54, 1.807) is 0 Å². The Kier molecular flexibility index (Phi) is 10.6. The van der Waals surface area contributed by atoms with Crippen molar-refractivity contribution in [3.05, 3.63) is 24.3 Å². The molecule has 0 heterocycles. The third-order valence-corrected chi connectivity index (χ3v) is 6.50. The molecular formula is C15H27Cl2NSiTi-2. The quantitative estimate of drug-likeness (QED) is 0.492. The van der Waals surface area contributed by atoms with Crippen LogP contribution in [0.15, 0.2) is 24.3 Å². The molecule has 2 aliphatic carbocycles. The number of fused-ring (bicyclic) bond motifs is 1. The summed E-state index contributed by atoms with van der Waals surface area (Å²) < 4.78 is 2.85. The summed E-state index contributed by atoms with van der Waals surface area (Å²) in [6.07, 6.45) is 12.1. The number of nitrogens with zero attached hydrogens (tertiary/aromatic N) is 1. The van der Waals surface area contributed by atoms with Crippen molar-refractivity contribution in [3.63, 3.8) is 0 Å². The smallest absolute Gasteiger partial charge is 0.106 e. The standard InChI is InChI=1S/C15H27NSi.2ClH.Ti/c1-15(2,3)16(17(4)5)14-10-12-8-6-7-9-13(12)11-14;;;/h6-9,12-14,17H,10-11H2,1-5H3;2*1H;/p-2. The van der Waals surface area contributed by atoms with Crippen molar-refractivity contribution in [2.45, 2.75) is 58.3 Å².